The van der Waals surface area contributed by atoms with Gasteiger partial charge in [-0.15, -0.1) is 0 Å². The van der Waals surface area contributed by atoms with Gasteiger partial charge in [0.25, 0.3) is 0 Å². The number of imidazole rings is 1. The monoisotopic (exact) mass is 354 g/mol. The van der Waals surface area contributed by atoms with Crippen molar-refractivity contribution in [3.05, 3.63) is 66.2 Å². The van der Waals surface area contributed by atoms with Crippen molar-refractivity contribution in [3.63, 3.8) is 0 Å². The van der Waals surface area contributed by atoms with Gasteiger partial charge < -0.3 is 15.2 Å². The van der Waals surface area contributed by atoms with Crippen LogP contribution in [0, 0.1) is 5.82 Å². The van der Waals surface area contributed by atoms with Crippen LogP contribution in [0.2, 0.25) is 0 Å². The van der Waals surface area contributed by atoms with Crippen molar-refractivity contribution in [1.82, 2.24) is 20.2 Å². The summed E-state index contributed by atoms with van der Waals surface area (Å²) in [6, 6.07) is 13.9. The van der Waals surface area contributed by atoms with E-state index in [1.807, 2.05) is 35.9 Å². The molecule has 0 aliphatic rings. The van der Waals surface area contributed by atoms with E-state index in [1.165, 1.54) is 12.1 Å². The second-order valence-corrected chi connectivity index (χ2v) is 6.26. The van der Waals surface area contributed by atoms with E-state index in [1.54, 1.807) is 18.5 Å². The van der Waals surface area contributed by atoms with Gasteiger partial charge in [-0.1, -0.05) is 24.3 Å². The van der Waals surface area contributed by atoms with Crippen molar-refractivity contribution < 1.29 is 9.18 Å². The Balaban J connectivity index is 1.80. The van der Waals surface area contributed by atoms with Crippen molar-refractivity contribution in [2.75, 3.05) is 13.6 Å². The van der Waals surface area contributed by atoms with Gasteiger partial charge in [-0.05, 0) is 49.8 Å². The van der Waals surface area contributed by atoms with Crippen LogP contribution in [0.5, 0.6) is 0 Å². The number of hydrogen-bond donors (Lipinski definition) is 2. The zero-order valence-electron chi connectivity index (χ0n) is 14.8. The Hall–Kier alpha value is -2.73. The van der Waals surface area contributed by atoms with Crippen LogP contribution in [0.1, 0.15) is 24.4 Å². The largest absolute Gasteiger partial charge is 0.347 e. The molecule has 26 heavy (non-hydrogen) atoms. The Morgan fingerprint density at radius 3 is 2.73 bits per heavy atom. The molecular weight excluding hydrogens is 331 g/mol. The lowest BCUT2D eigenvalue weighted by Gasteiger charge is -2.20. The summed E-state index contributed by atoms with van der Waals surface area (Å²) < 4.78 is 15.3. The lowest BCUT2D eigenvalue weighted by Crippen LogP contribution is -2.31. The summed E-state index contributed by atoms with van der Waals surface area (Å²) in [6.07, 6.45) is 2.99. The summed E-state index contributed by atoms with van der Waals surface area (Å²) in [4.78, 5) is 16.7. The first-order valence-corrected chi connectivity index (χ1v) is 8.76. The first-order chi connectivity index (χ1) is 12.7. The maximum Gasteiger partial charge on any atom is 0.220 e. The third-order valence-electron chi connectivity index (χ3n) is 4.34. The molecule has 3 aromatic rings. The average Bonchev–Trinajstić information content (AvgIpc) is 3.05. The number of aromatic nitrogens is 2. The number of carbonyl (C=O) groups is 1. The van der Waals surface area contributed by atoms with E-state index in [-0.39, 0.29) is 17.8 Å². The molecule has 1 heterocycles. The van der Waals surface area contributed by atoms with Gasteiger partial charge in [0.05, 0.1) is 23.4 Å². The highest BCUT2D eigenvalue weighted by Crippen LogP contribution is 2.20. The molecule has 136 valence electrons. The van der Waals surface area contributed by atoms with Crippen molar-refractivity contribution in [2.24, 2.45) is 0 Å². The molecule has 0 saturated heterocycles. The third-order valence-corrected chi connectivity index (χ3v) is 4.34. The SMILES string of the molecule is CNCCCC(=O)NC(Cn1cnc2ccccc21)c1ccc(F)cc1. The van der Waals surface area contributed by atoms with Gasteiger partial charge in [0.1, 0.15) is 5.82 Å². The standard InChI is InChI=1S/C20H23FN4O/c1-22-12-4-7-20(26)24-18(15-8-10-16(21)11-9-15)13-25-14-23-17-5-2-3-6-19(17)25/h2-3,5-6,8-11,14,18,22H,4,7,12-13H2,1H3,(H,24,26). The lowest BCUT2D eigenvalue weighted by atomic mass is 10.1. The molecule has 1 unspecified atom stereocenters. The average molecular weight is 354 g/mol. The van der Waals surface area contributed by atoms with Crippen LogP contribution < -0.4 is 10.6 Å². The molecule has 0 spiro atoms. The van der Waals surface area contributed by atoms with Crippen LogP contribution in [0.25, 0.3) is 11.0 Å². The number of benzene rings is 2. The zero-order valence-corrected chi connectivity index (χ0v) is 14.8. The fourth-order valence-electron chi connectivity index (χ4n) is 2.97. The quantitative estimate of drug-likeness (QED) is 0.611. The van der Waals surface area contributed by atoms with Gasteiger partial charge in [-0.2, -0.15) is 0 Å². The molecule has 1 aromatic heterocycles. The van der Waals surface area contributed by atoms with Crippen molar-refractivity contribution in [3.8, 4) is 0 Å². The minimum absolute atomic E-state index is 0.0148. The highest BCUT2D eigenvalue weighted by atomic mass is 19.1. The van der Waals surface area contributed by atoms with Gasteiger partial charge in [0.15, 0.2) is 0 Å². The second-order valence-electron chi connectivity index (χ2n) is 6.26. The van der Waals surface area contributed by atoms with E-state index in [2.05, 4.69) is 15.6 Å². The molecule has 0 aliphatic heterocycles. The Morgan fingerprint density at radius 2 is 1.96 bits per heavy atom. The fourth-order valence-corrected chi connectivity index (χ4v) is 2.97. The predicted octanol–water partition coefficient (Wildman–Crippen LogP) is 3.03. The number of carbonyl (C=O) groups excluding carboxylic acids is 1. The van der Waals surface area contributed by atoms with Crippen LogP contribution in [0.15, 0.2) is 54.9 Å². The summed E-state index contributed by atoms with van der Waals surface area (Å²) in [5.41, 5.74) is 2.78. The number of halogens is 1. The van der Waals surface area contributed by atoms with E-state index in [0.717, 1.165) is 29.6 Å². The Labute approximate surface area is 152 Å². The molecule has 1 amide bonds. The number of fused-ring (bicyclic) bond motifs is 1. The summed E-state index contributed by atoms with van der Waals surface area (Å²) >= 11 is 0. The first-order valence-electron chi connectivity index (χ1n) is 8.76. The molecule has 1 atom stereocenters. The number of amides is 1. The highest BCUT2D eigenvalue weighted by Gasteiger charge is 2.16. The van der Waals surface area contributed by atoms with E-state index < -0.39 is 0 Å². The number of nitrogens with zero attached hydrogens (tertiary/aromatic N) is 2. The fraction of sp³-hybridized carbons (Fsp3) is 0.300. The molecule has 5 nitrogen and oxygen atoms in total. The minimum atomic E-state index is -0.291. The summed E-state index contributed by atoms with van der Waals surface area (Å²) in [7, 11) is 1.86. The minimum Gasteiger partial charge on any atom is -0.347 e. The number of para-hydroxylation sites is 2. The Bertz CT molecular complexity index is 860. The van der Waals surface area contributed by atoms with Crippen molar-refractivity contribution >= 4 is 16.9 Å². The van der Waals surface area contributed by atoms with Crippen LogP contribution in [-0.4, -0.2) is 29.1 Å². The van der Waals surface area contributed by atoms with Gasteiger partial charge in [0, 0.05) is 13.0 Å². The summed E-state index contributed by atoms with van der Waals surface area (Å²) in [5.74, 6) is -0.306. The molecular formula is C20H23FN4O. The smallest absolute Gasteiger partial charge is 0.220 e. The molecule has 0 fully saturated rings. The van der Waals surface area contributed by atoms with Crippen molar-refractivity contribution in [2.45, 2.75) is 25.4 Å². The normalized spacial score (nSPS) is 12.2. The zero-order chi connectivity index (χ0) is 18.4. The van der Waals surface area contributed by atoms with Crippen LogP contribution in [0.4, 0.5) is 4.39 Å². The maximum absolute atomic E-state index is 13.3. The van der Waals surface area contributed by atoms with Gasteiger partial charge >= 0.3 is 0 Å². The van der Waals surface area contributed by atoms with Crippen LogP contribution >= 0.6 is 0 Å². The van der Waals surface area contributed by atoms with Gasteiger partial charge in [-0.25, -0.2) is 9.37 Å². The van der Waals surface area contributed by atoms with E-state index in [0.29, 0.717) is 13.0 Å². The predicted molar refractivity (Wildman–Crippen MR) is 100 cm³/mol. The highest BCUT2D eigenvalue weighted by molar-refractivity contribution is 5.77. The molecule has 0 aliphatic carbocycles. The molecule has 0 bridgehead atoms. The first kappa shape index (κ1) is 18.1. The van der Waals surface area contributed by atoms with E-state index in [4.69, 9.17) is 0 Å². The van der Waals surface area contributed by atoms with E-state index in [9.17, 15) is 9.18 Å². The van der Waals surface area contributed by atoms with Crippen LogP contribution in [-0.2, 0) is 11.3 Å². The van der Waals surface area contributed by atoms with Crippen molar-refractivity contribution in [1.29, 1.82) is 0 Å². The summed E-state index contributed by atoms with van der Waals surface area (Å²) in [5, 5.41) is 6.11. The van der Waals surface area contributed by atoms with Crippen LogP contribution in [0.3, 0.4) is 0 Å². The number of hydrogen-bond acceptors (Lipinski definition) is 3. The molecule has 0 saturated carbocycles. The van der Waals surface area contributed by atoms with Gasteiger partial charge in [-0.3, -0.25) is 4.79 Å². The lowest BCUT2D eigenvalue weighted by molar-refractivity contribution is -0.122. The maximum atomic E-state index is 13.3. The van der Waals surface area contributed by atoms with E-state index >= 15 is 0 Å². The topological polar surface area (TPSA) is 59.0 Å². The Morgan fingerprint density at radius 1 is 1.19 bits per heavy atom. The van der Waals surface area contributed by atoms with Gasteiger partial charge in [0.2, 0.25) is 5.91 Å². The third kappa shape index (κ3) is 4.46. The summed E-state index contributed by atoms with van der Waals surface area (Å²) in [6.45, 7) is 1.32. The molecule has 3 rings (SSSR count). The molecule has 2 aromatic carbocycles. The Kier molecular flexibility index (Phi) is 5.96. The second kappa shape index (κ2) is 8.58. The number of rotatable bonds is 8. The molecule has 0 radical (unpaired) electrons. The molecule has 2 N–H and O–H groups in total. The number of nitrogens with one attached hydrogen (secondary N) is 2. The molecule has 6 heteroatoms.